The monoisotopic (exact) mass is 162 g/mol. The fourth-order valence-corrected chi connectivity index (χ4v) is 0.834. The number of nitrogens with one attached hydrogen (secondary N) is 2. The summed E-state index contributed by atoms with van der Waals surface area (Å²) in [7, 11) is 0. The lowest BCUT2D eigenvalue weighted by atomic mass is 10.2. The minimum Gasteiger partial charge on any atom is -0.507 e. The zero-order valence-corrected chi connectivity index (χ0v) is 6.05. The fraction of sp³-hybridized carbons (Fsp3) is 0. The predicted octanol–water partition coefficient (Wildman–Crippen LogP) is -1.06. The molecule has 1 aromatic rings. The Bertz CT molecular complexity index is 424. The van der Waals surface area contributed by atoms with Crippen LogP contribution in [0.15, 0.2) is 12.1 Å². The number of aromatic hydroxyl groups is 2. The van der Waals surface area contributed by atoms with E-state index in [0.29, 0.717) is 0 Å². The Morgan fingerprint density at radius 3 is 1.50 bits per heavy atom. The lowest BCUT2D eigenvalue weighted by Gasteiger charge is -1.92. The van der Waals surface area contributed by atoms with Gasteiger partial charge in [0.2, 0.25) is 0 Å². The van der Waals surface area contributed by atoms with Crippen LogP contribution in [0.5, 0.6) is 11.5 Å². The second kappa shape index (κ2) is 2.93. The highest BCUT2D eigenvalue weighted by Crippen LogP contribution is 2.01. The molecule has 0 heterocycles. The summed E-state index contributed by atoms with van der Waals surface area (Å²) in [5.41, 5.74) is 0. The molecule has 0 saturated heterocycles. The maximum atomic E-state index is 9.13. The molecule has 0 aliphatic heterocycles. The summed E-state index contributed by atoms with van der Waals surface area (Å²) < 4.78 is 0. The van der Waals surface area contributed by atoms with E-state index in [1.54, 1.807) is 0 Å². The van der Waals surface area contributed by atoms with Gasteiger partial charge >= 0.3 is 0 Å². The van der Waals surface area contributed by atoms with Gasteiger partial charge in [-0.1, -0.05) is 0 Å². The number of rotatable bonds is 0. The van der Waals surface area contributed by atoms with Crippen molar-refractivity contribution in [3.05, 3.63) is 22.6 Å². The molecule has 0 amide bonds. The zero-order valence-electron chi connectivity index (χ0n) is 6.05. The highest BCUT2D eigenvalue weighted by atomic mass is 16.3. The molecule has 0 aliphatic carbocycles. The first kappa shape index (κ1) is 8.08. The van der Waals surface area contributed by atoms with Gasteiger partial charge in [-0.15, -0.1) is 0 Å². The van der Waals surface area contributed by atoms with Crippen molar-refractivity contribution in [3.63, 3.8) is 0 Å². The van der Waals surface area contributed by atoms with Gasteiger partial charge in [-0.25, -0.2) is 0 Å². The molecule has 0 aromatic heterocycles. The van der Waals surface area contributed by atoms with Crippen LogP contribution in [0.4, 0.5) is 0 Å². The second-order valence-corrected chi connectivity index (χ2v) is 2.10. The lowest BCUT2D eigenvalue weighted by molar-refractivity contribution is 0.453. The van der Waals surface area contributed by atoms with Crippen LogP contribution in [0.2, 0.25) is 0 Å². The Morgan fingerprint density at radius 1 is 0.917 bits per heavy atom. The topological polar surface area (TPSA) is 88.2 Å². The Morgan fingerprint density at radius 2 is 1.25 bits per heavy atom. The molecule has 1 aromatic carbocycles. The van der Waals surface area contributed by atoms with Crippen molar-refractivity contribution in [2.45, 2.75) is 0 Å². The third-order valence-corrected chi connectivity index (χ3v) is 1.41. The first-order valence-corrected chi connectivity index (χ1v) is 3.11. The van der Waals surface area contributed by atoms with Crippen molar-refractivity contribution < 1.29 is 10.2 Å². The number of hydrogen-bond acceptors (Lipinski definition) is 4. The number of phenols is 2. The van der Waals surface area contributed by atoms with Crippen molar-refractivity contribution in [1.29, 1.82) is 10.8 Å². The van der Waals surface area contributed by atoms with E-state index >= 15 is 0 Å². The molecular weight excluding hydrogens is 156 g/mol. The molecule has 0 aliphatic rings. The lowest BCUT2D eigenvalue weighted by Crippen LogP contribution is -2.27. The maximum absolute atomic E-state index is 9.13. The van der Waals surface area contributed by atoms with Crippen LogP contribution in [-0.2, 0) is 0 Å². The summed E-state index contributed by atoms with van der Waals surface area (Å²) in [6.07, 6.45) is 0. The van der Waals surface area contributed by atoms with Crippen LogP contribution >= 0.6 is 0 Å². The highest BCUT2D eigenvalue weighted by molar-refractivity contribution is 5.62. The highest BCUT2D eigenvalue weighted by Gasteiger charge is 1.98. The molecule has 0 fully saturated rings. The normalized spacial score (nSPS) is 8.67. The number of phenolic OH excluding ortho intramolecular Hbond substituents is 2. The third kappa shape index (κ3) is 1.08. The van der Waals surface area contributed by atoms with Crippen LogP contribution < -0.4 is 10.4 Å². The van der Waals surface area contributed by atoms with Crippen LogP contribution in [-0.4, -0.2) is 22.0 Å². The molecule has 0 unspecified atom stereocenters. The molecule has 0 radical (unpaired) electrons. The Balaban J connectivity index is 4.03. The molecule has 4 nitrogen and oxygen atoms in total. The van der Waals surface area contributed by atoms with Crippen molar-refractivity contribution in [2.24, 2.45) is 0 Å². The molecule has 0 bridgehead atoms. The number of benzene rings is 1. The Kier molecular flexibility index (Phi) is 1.97. The van der Waals surface area contributed by atoms with E-state index in [4.69, 9.17) is 21.0 Å². The van der Waals surface area contributed by atoms with Gasteiger partial charge in [0.05, 0.1) is 10.4 Å². The average molecular weight is 162 g/mol. The maximum Gasteiger partial charge on any atom is 0.133 e. The molecule has 1 rings (SSSR count). The summed E-state index contributed by atoms with van der Waals surface area (Å²) in [5.74, 6) is 3.43. The summed E-state index contributed by atoms with van der Waals surface area (Å²) in [6.45, 7) is 0. The predicted molar refractivity (Wildman–Crippen MR) is 42.7 cm³/mol. The molecule has 12 heavy (non-hydrogen) atoms. The molecule has 0 atom stereocenters. The van der Waals surface area contributed by atoms with E-state index in [2.05, 4.69) is 0 Å². The van der Waals surface area contributed by atoms with Crippen molar-refractivity contribution >= 4 is 11.7 Å². The van der Waals surface area contributed by atoms with Crippen LogP contribution in [0.3, 0.4) is 0 Å². The van der Waals surface area contributed by atoms with E-state index in [9.17, 15) is 0 Å². The first-order chi connectivity index (χ1) is 5.70. The zero-order chi connectivity index (χ0) is 9.14. The van der Waals surface area contributed by atoms with E-state index < -0.39 is 0 Å². The molecular formula is C8H6N2O2. The van der Waals surface area contributed by atoms with Gasteiger partial charge in [0, 0.05) is 0 Å². The van der Waals surface area contributed by atoms with Crippen molar-refractivity contribution in [1.82, 2.24) is 0 Å². The quantitative estimate of drug-likeness (QED) is 0.289. The van der Waals surface area contributed by atoms with Gasteiger partial charge in [0.1, 0.15) is 11.5 Å². The van der Waals surface area contributed by atoms with E-state index in [1.807, 2.05) is 11.7 Å². The summed E-state index contributed by atoms with van der Waals surface area (Å²) in [6, 6.07) is 2.46. The van der Waals surface area contributed by atoms with Gasteiger partial charge < -0.3 is 10.2 Å². The van der Waals surface area contributed by atoms with Gasteiger partial charge in [0.15, 0.2) is 0 Å². The van der Waals surface area contributed by atoms with E-state index in [-0.39, 0.29) is 21.9 Å². The molecule has 4 heteroatoms. The molecule has 0 saturated carbocycles. The fourth-order valence-electron chi connectivity index (χ4n) is 0.834. The van der Waals surface area contributed by atoms with Crippen LogP contribution in [0.25, 0.3) is 0 Å². The summed E-state index contributed by atoms with van der Waals surface area (Å²) in [5, 5.41) is 31.8. The van der Waals surface area contributed by atoms with Crippen LogP contribution in [0.1, 0.15) is 0 Å². The van der Waals surface area contributed by atoms with Gasteiger partial charge in [0.25, 0.3) is 0 Å². The minimum atomic E-state index is -0.197. The van der Waals surface area contributed by atoms with Crippen LogP contribution in [0, 0.1) is 10.8 Å². The van der Waals surface area contributed by atoms with Crippen molar-refractivity contribution in [2.75, 3.05) is 0 Å². The first-order valence-electron chi connectivity index (χ1n) is 3.11. The minimum absolute atomic E-state index is 0.0231. The summed E-state index contributed by atoms with van der Waals surface area (Å²) >= 11 is 0. The SMILES string of the molecule is N=C=c1c(O)ccc(O)c1=C=N. The van der Waals surface area contributed by atoms with Gasteiger partial charge in [-0.05, 0) is 23.9 Å². The second-order valence-electron chi connectivity index (χ2n) is 2.10. The summed E-state index contributed by atoms with van der Waals surface area (Å²) in [4.78, 5) is 0. The van der Waals surface area contributed by atoms with Crippen molar-refractivity contribution in [3.8, 4) is 11.5 Å². The number of hydrogen-bond donors (Lipinski definition) is 4. The van der Waals surface area contributed by atoms with Gasteiger partial charge in [-0.2, -0.15) is 0 Å². The Hall–Kier alpha value is -2.02. The van der Waals surface area contributed by atoms with E-state index in [1.165, 1.54) is 12.1 Å². The largest absolute Gasteiger partial charge is 0.507 e. The smallest absolute Gasteiger partial charge is 0.133 e. The molecule has 0 spiro atoms. The third-order valence-electron chi connectivity index (χ3n) is 1.41. The molecule has 4 N–H and O–H groups in total. The van der Waals surface area contributed by atoms with Gasteiger partial charge in [-0.3, -0.25) is 10.8 Å². The van der Waals surface area contributed by atoms with E-state index in [0.717, 1.165) is 0 Å². The average Bonchev–Trinajstić information content (AvgIpc) is 2.08. The standard InChI is InChI=1S/C8H6N2O2/c9-3-5-6(4-10)8(12)2-1-7(5)11/h1-2,9-12H. The molecule has 60 valence electrons. The Labute approximate surface area is 67.7 Å².